The molecule has 0 bridgehead atoms. The predicted octanol–water partition coefficient (Wildman–Crippen LogP) is 4.72. The first-order valence-corrected chi connectivity index (χ1v) is 11.1. The van der Waals surface area contributed by atoms with Gasteiger partial charge in [-0.05, 0) is 32.1 Å². The SMILES string of the molecule is CN1CCC(Sc2nc(-c3cc(Cl)c4[nH]ncc4c3)c(-c3ccccc3)nc2N)C1. The minimum atomic E-state index is 0.460. The molecule has 1 unspecified atom stereocenters. The van der Waals surface area contributed by atoms with E-state index in [1.54, 1.807) is 18.0 Å². The maximum absolute atomic E-state index is 6.52. The zero-order valence-electron chi connectivity index (χ0n) is 16.5. The lowest BCUT2D eigenvalue weighted by molar-refractivity contribution is 0.419. The standard InChI is InChI=1S/C22H21ClN6S/c1-29-8-7-16(12-29)30-22-21(24)26-19(13-5-3-2-4-6-13)20(27-22)14-9-15-11-25-28-18(15)17(23)10-14/h2-6,9-11,16H,7-8,12H2,1H3,(H2,24,26)(H,25,28). The van der Waals surface area contributed by atoms with Gasteiger partial charge in [-0.15, -0.1) is 0 Å². The first-order valence-electron chi connectivity index (χ1n) is 9.79. The molecule has 0 radical (unpaired) electrons. The Morgan fingerprint density at radius 1 is 1.13 bits per heavy atom. The normalized spacial score (nSPS) is 17.1. The van der Waals surface area contributed by atoms with Crippen molar-refractivity contribution >= 4 is 40.1 Å². The molecular weight excluding hydrogens is 416 g/mol. The number of hydrogen-bond acceptors (Lipinski definition) is 6. The molecule has 1 aliphatic rings. The Kier molecular flexibility index (Phi) is 5.10. The van der Waals surface area contributed by atoms with Crippen LogP contribution in [0.15, 0.2) is 53.7 Å². The largest absolute Gasteiger partial charge is 0.381 e. The summed E-state index contributed by atoms with van der Waals surface area (Å²) in [7, 11) is 2.14. The number of halogens is 1. The molecule has 2 aromatic heterocycles. The van der Waals surface area contributed by atoms with Crippen molar-refractivity contribution in [1.82, 2.24) is 25.1 Å². The van der Waals surface area contributed by atoms with Crippen molar-refractivity contribution in [2.45, 2.75) is 16.7 Å². The van der Waals surface area contributed by atoms with E-state index in [-0.39, 0.29) is 0 Å². The van der Waals surface area contributed by atoms with Crippen molar-refractivity contribution in [2.75, 3.05) is 25.9 Å². The Morgan fingerprint density at radius 2 is 1.93 bits per heavy atom. The molecule has 0 amide bonds. The van der Waals surface area contributed by atoms with Gasteiger partial charge in [-0.2, -0.15) is 5.10 Å². The predicted molar refractivity (Wildman–Crippen MR) is 124 cm³/mol. The van der Waals surface area contributed by atoms with E-state index in [9.17, 15) is 0 Å². The van der Waals surface area contributed by atoms with Crippen LogP contribution in [0.2, 0.25) is 5.02 Å². The summed E-state index contributed by atoms with van der Waals surface area (Å²) in [6.07, 6.45) is 2.88. The van der Waals surface area contributed by atoms with Crippen LogP contribution in [0.25, 0.3) is 33.4 Å². The van der Waals surface area contributed by atoms with Crippen LogP contribution >= 0.6 is 23.4 Å². The van der Waals surface area contributed by atoms with Crippen LogP contribution in [-0.4, -0.2) is 50.5 Å². The van der Waals surface area contributed by atoms with Crippen LogP contribution in [0.1, 0.15) is 6.42 Å². The van der Waals surface area contributed by atoms with Gasteiger partial charge < -0.3 is 10.6 Å². The first-order chi connectivity index (χ1) is 14.6. The third kappa shape index (κ3) is 3.64. The van der Waals surface area contributed by atoms with Crippen molar-refractivity contribution in [3.05, 3.63) is 53.7 Å². The number of aromatic amines is 1. The number of rotatable bonds is 4. The van der Waals surface area contributed by atoms with E-state index >= 15 is 0 Å². The number of aromatic nitrogens is 4. The van der Waals surface area contributed by atoms with Crippen LogP contribution in [0.5, 0.6) is 0 Å². The Bertz CT molecular complexity index is 1210. The number of fused-ring (bicyclic) bond motifs is 1. The van der Waals surface area contributed by atoms with Gasteiger partial charge in [-0.25, -0.2) is 9.97 Å². The molecule has 5 rings (SSSR count). The van der Waals surface area contributed by atoms with Crippen LogP contribution < -0.4 is 5.73 Å². The molecule has 1 aliphatic heterocycles. The molecule has 1 atom stereocenters. The highest BCUT2D eigenvalue weighted by Gasteiger charge is 2.24. The second-order valence-electron chi connectivity index (χ2n) is 7.56. The first kappa shape index (κ1) is 19.4. The lowest BCUT2D eigenvalue weighted by Gasteiger charge is -2.15. The molecule has 152 valence electrons. The molecule has 8 heteroatoms. The fourth-order valence-electron chi connectivity index (χ4n) is 3.82. The van der Waals surface area contributed by atoms with Gasteiger partial charge in [0, 0.05) is 28.3 Å². The highest BCUT2D eigenvalue weighted by molar-refractivity contribution is 8.00. The Labute approximate surface area is 183 Å². The summed E-state index contributed by atoms with van der Waals surface area (Å²) in [4.78, 5) is 12.1. The van der Waals surface area contributed by atoms with Gasteiger partial charge in [0.2, 0.25) is 0 Å². The van der Waals surface area contributed by atoms with Gasteiger partial charge in [0.1, 0.15) is 5.03 Å². The minimum Gasteiger partial charge on any atom is -0.381 e. The molecule has 30 heavy (non-hydrogen) atoms. The van der Waals surface area contributed by atoms with Gasteiger partial charge >= 0.3 is 0 Å². The molecule has 1 saturated heterocycles. The maximum Gasteiger partial charge on any atom is 0.156 e. The Morgan fingerprint density at radius 3 is 2.70 bits per heavy atom. The van der Waals surface area contributed by atoms with Crippen molar-refractivity contribution in [3.63, 3.8) is 0 Å². The fourth-order valence-corrected chi connectivity index (χ4v) is 5.27. The summed E-state index contributed by atoms with van der Waals surface area (Å²) in [5, 5.41) is 9.81. The van der Waals surface area contributed by atoms with Crippen molar-refractivity contribution in [1.29, 1.82) is 0 Å². The number of H-pyrrole nitrogens is 1. The summed E-state index contributed by atoms with van der Waals surface area (Å²) in [5.74, 6) is 0.465. The zero-order chi connectivity index (χ0) is 20.7. The van der Waals surface area contributed by atoms with Gasteiger partial charge in [-0.3, -0.25) is 5.10 Å². The molecule has 4 aromatic rings. The zero-order valence-corrected chi connectivity index (χ0v) is 18.0. The molecule has 0 spiro atoms. The maximum atomic E-state index is 6.52. The number of hydrogen-bond donors (Lipinski definition) is 2. The monoisotopic (exact) mass is 436 g/mol. The summed E-state index contributed by atoms with van der Waals surface area (Å²) in [6.45, 7) is 2.11. The number of nitrogens with zero attached hydrogens (tertiary/aromatic N) is 4. The second kappa shape index (κ2) is 7.91. The number of likely N-dealkylation sites (tertiary alicyclic amines) is 1. The van der Waals surface area contributed by atoms with Crippen LogP contribution in [0, 0.1) is 0 Å². The minimum absolute atomic E-state index is 0.460. The van der Waals surface area contributed by atoms with Gasteiger partial charge in [0.05, 0.1) is 28.1 Å². The number of anilines is 1. The van der Waals surface area contributed by atoms with E-state index < -0.39 is 0 Å². The summed E-state index contributed by atoms with van der Waals surface area (Å²) >= 11 is 8.23. The van der Waals surface area contributed by atoms with E-state index in [0.717, 1.165) is 58.0 Å². The summed E-state index contributed by atoms with van der Waals surface area (Å²) in [5.41, 5.74) is 10.6. The van der Waals surface area contributed by atoms with Gasteiger partial charge in [0.15, 0.2) is 5.82 Å². The van der Waals surface area contributed by atoms with E-state index in [4.69, 9.17) is 27.3 Å². The lowest BCUT2D eigenvalue weighted by Crippen LogP contribution is -2.15. The van der Waals surface area contributed by atoms with E-state index in [0.29, 0.717) is 16.1 Å². The molecule has 6 nitrogen and oxygen atoms in total. The molecular formula is C22H21ClN6S. The van der Waals surface area contributed by atoms with Gasteiger partial charge in [0.25, 0.3) is 0 Å². The van der Waals surface area contributed by atoms with Crippen molar-refractivity contribution in [3.8, 4) is 22.5 Å². The molecule has 1 fully saturated rings. The smallest absolute Gasteiger partial charge is 0.156 e. The van der Waals surface area contributed by atoms with Crippen molar-refractivity contribution in [2.24, 2.45) is 0 Å². The van der Waals surface area contributed by atoms with Crippen LogP contribution in [-0.2, 0) is 0 Å². The number of benzene rings is 2. The summed E-state index contributed by atoms with van der Waals surface area (Å²) in [6, 6.07) is 13.9. The van der Waals surface area contributed by atoms with Crippen LogP contribution in [0.4, 0.5) is 5.82 Å². The van der Waals surface area contributed by atoms with Gasteiger partial charge in [-0.1, -0.05) is 53.7 Å². The third-order valence-electron chi connectivity index (χ3n) is 5.34. The number of nitrogens with two attached hydrogens (primary N) is 1. The summed E-state index contributed by atoms with van der Waals surface area (Å²) < 4.78 is 0. The molecule has 0 saturated carbocycles. The van der Waals surface area contributed by atoms with E-state index in [1.165, 1.54) is 0 Å². The second-order valence-corrected chi connectivity index (χ2v) is 9.26. The van der Waals surface area contributed by atoms with E-state index in [1.807, 2.05) is 42.5 Å². The average molecular weight is 437 g/mol. The molecule has 2 aromatic carbocycles. The molecule has 0 aliphatic carbocycles. The Hall–Kier alpha value is -2.61. The number of nitrogens with one attached hydrogen (secondary N) is 1. The average Bonchev–Trinajstić information content (AvgIpc) is 3.39. The molecule has 3 N–H and O–H groups in total. The highest BCUT2D eigenvalue weighted by Crippen LogP contribution is 2.38. The highest BCUT2D eigenvalue weighted by atomic mass is 35.5. The fraction of sp³-hybridized carbons (Fsp3) is 0.227. The lowest BCUT2D eigenvalue weighted by atomic mass is 10.0. The third-order valence-corrected chi connectivity index (χ3v) is 6.88. The topological polar surface area (TPSA) is 83.7 Å². The number of thioether (sulfide) groups is 1. The quantitative estimate of drug-likeness (QED) is 0.481. The van der Waals surface area contributed by atoms with Crippen LogP contribution in [0.3, 0.4) is 0 Å². The van der Waals surface area contributed by atoms with Crippen molar-refractivity contribution < 1.29 is 0 Å². The number of nitrogen functional groups attached to an aromatic ring is 1. The Balaban J connectivity index is 1.66. The van der Waals surface area contributed by atoms with E-state index in [2.05, 4.69) is 22.1 Å². The molecule has 3 heterocycles.